The van der Waals surface area contributed by atoms with Crippen LogP contribution < -0.4 is 11.1 Å². The Kier molecular flexibility index (Phi) is 4.87. The Balaban J connectivity index is 1.71. The molecule has 0 amide bonds. The summed E-state index contributed by atoms with van der Waals surface area (Å²) in [7, 11) is 0. The third-order valence-corrected chi connectivity index (χ3v) is 5.16. The van der Waals surface area contributed by atoms with Crippen molar-refractivity contribution in [2.24, 2.45) is 0 Å². The molecule has 0 bridgehead atoms. The van der Waals surface area contributed by atoms with Crippen LogP contribution in [-0.2, 0) is 10.3 Å². The first-order valence-electron chi connectivity index (χ1n) is 9.28. The van der Waals surface area contributed by atoms with Crippen LogP contribution in [0.4, 0.5) is 11.8 Å². The quantitative estimate of drug-likeness (QED) is 0.409. The molecule has 4 atom stereocenters. The third kappa shape index (κ3) is 3.40. The summed E-state index contributed by atoms with van der Waals surface area (Å²) in [5.41, 5.74) is 7.34. The minimum Gasteiger partial charge on any atom is -0.394 e. The molecule has 0 saturated carbocycles. The van der Waals surface area contributed by atoms with Crippen LogP contribution in [0.2, 0.25) is 0 Å². The van der Waals surface area contributed by atoms with Crippen LogP contribution in [0.25, 0.3) is 11.2 Å². The van der Waals surface area contributed by atoms with Crippen LogP contribution in [-0.4, -0.2) is 59.8 Å². The van der Waals surface area contributed by atoms with Gasteiger partial charge >= 0.3 is 0 Å². The summed E-state index contributed by atoms with van der Waals surface area (Å²) in [5, 5.41) is 33.0. The predicted molar refractivity (Wildman–Crippen MR) is 106 cm³/mol. The van der Waals surface area contributed by atoms with Crippen molar-refractivity contribution in [2.75, 3.05) is 17.7 Å². The molecule has 1 fully saturated rings. The molecule has 0 radical (unpaired) electrons. The number of nitrogens with one attached hydrogen (secondary N) is 1. The Morgan fingerprint density at radius 2 is 1.90 bits per heavy atom. The summed E-state index contributed by atoms with van der Waals surface area (Å²) in [6.07, 6.45) is -2.92. The lowest BCUT2D eigenvalue weighted by Crippen LogP contribution is -2.33. The largest absolute Gasteiger partial charge is 0.394 e. The van der Waals surface area contributed by atoms with E-state index < -0.39 is 36.7 Å². The maximum atomic E-state index is 10.3. The number of nitrogen functional groups attached to an aromatic ring is 1. The SMILES string of the molecule is CC(C)(Nc1nc(N)c2ncn([C@@H]3O[C@H](CO)[C@@H](O)[C@H]3O)c2n1)c1ccccc1. The van der Waals surface area contributed by atoms with Gasteiger partial charge in [-0.1, -0.05) is 30.3 Å². The molecule has 1 aliphatic heterocycles. The van der Waals surface area contributed by atoms with Gasteiger partial charge in [-0.3, -0.25) is 4.57 Å². The van der Waals surface area contributed by atoms with Crippen LogP contribution >= 0.6 is 0 Å². The van der Waals surface area contributed by atoms with Gasteiger partial charge in [-0.25, -0.2) is 4.98 Å². The number of anilines is 2. The Hall–Kier alpha value is -2.79. The fourth-order valence-corrected chi connectivity index (χ4v) is 3.50. The van der Waals surface area contributed by atoms with Crippen molar-refractivity contribution in [3.8, 4) is 0 Å². The first-order valence-corrected chi connectivity index (χ1v) is 9.28. The van der Waals surface area contributed by atoms with Gasteiger partial charge in [0.15, 0.2) is 17.7 Å². The highest BCUT2D eigenvalue weighted by Crippen LogP contribution is 2.33. The molecule has 1 saturated heterocycles. The number of ether oxygens (including phenoxy) is 1. The molecule has 6 N–H and O–H groups in total. The lowest BCUT2D eigenvalue weighted by atomic mass is 9.95. The molecular weight excluding hydrogens is 376 g/mol. The second-order valence-corrected chi connectivity index (χ2v) is 7.60. The minimum absolute atomic E-state index is 0.173. The molecule has 10 nitrogen and oxygen atoms in total. The zero-order chi connectivity index (χ0) is 20.8. The summed E-state index contributed by atoms with van der Waals surface area (Å²) in [6, 6.07) is 9.85. The van der Waals surface area contributed by atoms with E-state index in [9.17, 15) is 15.3 Å². The number of rotatable bonds is 5. The maximum Gasteiger partial charge on any atom is 0.227 e. The van der Waals surface area contributed by atoms with E-state index >= 15 is 0 Å². The van der Waals surface area contributed by atoms with E-state index in [0.717, 1.165) is 5.56 Å². The highest BCUT2D eigenvalue weighted by molar-refractivity contribution is 5.83. The van der Waals surface area contributed by atoms with E-state index in [1.807, 2.05) is 44.2 Å². The summed E-state index contributed by atoms with van der Waals surface area (Å²) in [6.45, 7) is 3.57. The summed E-state index contributed by atoms with van der Waals surface area (Å²) in [4.78, 5) is 13.0. The van der Waals surface area contributed by atoms with Gasteiger partial charge in [0.05, 0.1) is 18.5 Å². The number of aliphatic hydroxyl groups excluding tert-OH is 3. The van der Waals surface area contributed by atoms with Crippen LogP contribution in [0.5, 0.6) is 0 Å². The summed E-state index contributed by atoms with van der Waals surface area (Å²) in [5.74, 6) is 0.462. The molecule has 10 heteroatoms. The first-order chi connectivity index (χ1) is 13.8. The third-order valence-electron chi connectivity index (χ3n) is 5.16. The van der Waals surface area contributed by atoms with Crippen molar-refractivity contribution in [3.63, 3.8) is 0 Å². The monoisotopic (exact) mass is 400 g/mol. The normalized spacial score (nSPS) is 24.9. The van der Waals surface area contributed by atoms with E-state index in [-0.39, 0.29) is 11.8 Å². The van der Waals surface area contributed by atoms with E-state index in [2.05, 4.69) is 20.3 Å². The Morgan fingerprint density at radius 3 is 2.55 bits per heavy atom. The molecule has 29 heavy (non-hydrogen) atoms. The van der Waals surface area contributed by atoms with Crippen LogP contribution in [0, 0.1) is 0 Å². The van der Waals surface area contributed by atoms with Gasteiger partial charge in [-0.05, 0) is 19.4 Å². The predicted octanol–water partition coefficient (Wildman–Crippen LogP) is 0.367. The Morgan fingerprint density at radius 1 is 1.17 bits per heavy atom. The van der Waals surface area contributed by atoms with Gasteiger partial charge in [0.2, 0.25) is 5.95 Å². The summed E-state index contributed by atoms with van der Waals surface area (Å²) >= 11 is 0. The molecule has 0 aliphatic carbocycles. The molecule has 3 aromatic rings. The van der Waals surface area contributed by atoms with Gasteiger partial charge in [0.25, 0.3) is 0 Å². The average molecular weight is 400 g/mol. The second kappa shape index (κ2) is 7.23. The Labute approximate surface area is 167 Å². The number of nitrogens with two attached hydrogens (primary N) is 1. The van der Waals surface area contributed by atoms with Crippen molar-refractivity contribution >= 4 is 22.9 Å². The lowest BCUT2D eigenvalue weighted by Gasteiger charge is -2.27. The maximum absolute atomic E-state index is 10.3. The number of hydrogen-bond donors (Lipinski definition) is 5. The number of benzene rings is 1. The fraction of sp³-hybridized carbons (Fsp3) is 0.421. The van der Waals surface area contributed by atoms with E-state index in [4.69, 9.17) is 10.5 Å². The van der Waals surface area contributed by atoms with Crippen molar-refractivity contribution in [1.29, 1.82) is 0 Å². The number of imidazole rings is 1. The molecule has 0 spiro atoms. The summed E-state index contributed by atoms with van der Waals surface area (Å²) < 4.78 is 7.07. The molecule has 1 aromatic carbocycles. The topological polar surface area (TPSA) is 152 Å². The van der Waals surface area contributed by atoms with Gasteiger partial charge in [0, 0.05) is 0 Å². The number of hydrogen-bond acceptors (Lipinski definition) is 9. The number of fused-ring (bicyclic) bond motifs is 1. The number of nitrogens with zero attached hydrogens (tertiary/aromatic N) is 4. The first kappa shape index (κ1) is 19.5. The molecule has 4 rings (SSSR count). The fourth-order valence-electron chi connectivity index (χ4n) is 3.50. The average Bonchev–Trinajstić information content (AvgIpc) is 3.24. The molecule has 154 valence electrons. The zero-order valence-electron chi connectivity index (χ0n) is 16.1. The number of aromatic nitrogens is 4. The van der Waals surface area contributed by atoms with Gasteiger partial charge in [-0.2, -0.15) is 9.97 Å². The zero-order valence-corrected chi connectivity index (χ0v) is 16.1. The van der Waals surface area contributed by atoms with Crippen molar-refractivity contribution in [2.45, 2.75) is 43.9 Å². The molecule has 0 unspecified atom stereocenters. The highest BCUT2D eigenvalue weighted by atomic mass is 16.6. The Bertz CT molecular complexity index is 1010. The molecule has 2 aromatic heterocycles. The highest BCUT2D eigenvalue weighted by Gasteiger charge is 2.44. The smallest absolute Gasteiger partial charge is 0.227 e. The van der Waals surface area contributed by atoms with Crippen molar-refractivity contribution in [3.05, 3.63) is 42.2 Å². The lowest BCUT2D eigenvalue weighted by molar-refractivity contribution is -0.0511. The number of aliphatic hydroxyl groups is 3. The van der Waals surface area contributed by atoms with E-state index in [1.165, 1.54) is 10.9 Å². The van der Waals surface area contributed by atoms with Crippen molar-refractivity contribution in [1.82, 2.24) is 19.5 Å². The van der Waals surface area contributed by atoms with Crippen LogP contribution in [0.15, 0.2) is 36.7 Å². The van der Waals surface area contributed by atoms with E-state index in [0.29, 0.717) is 11.2 Å². The van der Waals surface area contributed by atoms with Gasteiger partial charge in [0.1, 0.15) is 23.8 Å². The molecular formula is C19H24N6O4. The van der Waals surface area contributed by atoms with Gasteiger partial charge < -0.3 is 31.1 Å². The van der Waals surface area contributed by atoms with Crippen LogP contribution in [0.3, 0.4) is 0 Å². The minimum atomic E-state index is -1.25. The second-order valence-electron chi connectivity index (χ2n) is 7.60. The molecule has 1 aliphatic rings. The van der Waals surface area contributed by atoms with Gasteiger partial charge in [-0.15, -0.1) is 0 Å². The van der Waals surface area contributed by atoms with Crippen LogP contribution in [0.1, 0.15) is 25.6 Å². The molecule has 3 heterocycles. The standard InChI is InChI=1S/C19H24N6O4/c1-19(2,10-6-4-3-5-7-10)24-18-22-15(20)12-16(23-18)25(9-21-12)17-14(28)13(27)11(8-26)29-17/h3-7,9,11,13-14,17,26-28H,8H2,1-2H3,(H3,20,22,23,24)/t11-,13-,14-,17-/m1/s1. The van der Waals surface area contributed by atoms with E-state index in [1.54, 1.807) is 0 Å². The van der Waals surface area contributed by atoms with Crippen molar-refractivity contribution < 1.29 is 20.1 Å².